The minimum Gasteiger partial charge on any atom is -0.368 e. The molecule has 3 rings (SSSR count). The first kappa shape index (κ1) is 17.6. The normalized spacial score (nSPS) is 13.3. The first-order chi connectivity index (χ1) is 12.5. The molecular formula is C20H21N5O. The molecule has 26 heavy (non-hydrogen) atoms. The maximum atomic E-state index is 12.0. The minimum atomic E-state index is -0.664. The molecule has 0 bridgehead atoms. The Bertz CT molecular complexity index is 968. The van der Waals surface area contributed by atoms with Gasteiger partial charge in [-0.25, -0.2) is 4.98 Å². The van der Waals surface area contributed by atoms with E-state index in [4.69, 9.17) is 16.0 Å². The molecule has 2 unspecified atom stereocenters. The molecular weight excluding hydrogens is 326 g/mol. The predicted molar refractivity (Wildman–Crippen MR) is 100 cm³/mol. The smallest absolute Gasteiger partial charge is 0.239 e. The second-order valence-corrected chi connectivity index (χ2v) is 6.16. The first-order valence-electron chi connectivity index (χ1n) is 8.55. The molecule has 2 atom stereocenters. The number of nitrogens with zero attached hydrogens (tertiary/aromatic N) is 3. The molecule has 1 heterocycles. The quantitative estimate of drug-likeness (QED) is 0.716. The van der Waals surface area contributed by atoms with Gasteiger partial charge in [0, 0.05) is 6.54 Å². The standard InChI is InChI=1S/C20H21N5O/c1-3-25-17-7-5-4-6-16(17)24-20(25)13(2)23-18(19(22)26)15-10-8-14(12-21)9-11-15/h4-11,13,18,23H,3H2,1-2H3,(H2,22,26). The van der Waals surface area contributed by atoms with Crippen molar-refractivity contribution in [2.75, 3.05) is 0 Å². The number of nitrogens with two attached hydrogens (primary N) is 1. The number of carbonyl (C=O) groups excluding carboxylic acids is 1. The Morgan fingerprint density at radius 2 is 1.96 bits per heavy atom. The van der Waals surface area contributed by atoms with Gasteiger partial charge in [-0.3, -0.25) is 10.1 Å². The van der Waals surface area contributed by atoms with Crippen molar-refractivity contribution in [1.29, 1.82) is 5.26 Å². The van der Waals surface area contributed by atoms with Crippen molar-refractivity contribution in [3.05, 3.63) is 65.5 Å². The summed E-state index contributed by atoms with van der Waals surface area (Å²) in [5.74, 6) is 0.384. The number of amides is 1. The largest absolute Gasteiger partial charge is 0.368 e. The van der Waals surface area contributed by atoms with Crippen LogP contribution in [-0.2, 0) is 11.3 Å². The molecule has 2 aromatic carbocycles. The van der Waals surface area contributed by atoms with Crippen LogP contribution in [0.2, 0.25) is 0 Å². The molecule has 0 saturated carbocycles. The molecule has 0 aliphatic carbocycles. The summed E-state index contributed by atoms with van der Waals surface area (Å²) in [4.78, 5) is 16.7. The van der Waals surface area contributed by atoms with E-state index in [-0.39, 0.29) is 6.04 Å². The van der Waals surface area contributed by atoms with Crippen LogP contribution in [0.3, 0.4) is 0 Å². The fraction of sp³-hybridized carbons (Fsp3) is 0.250. The van der Waals surface area contributed by atoms with E-state index in [1.807, 2.05) is 31.2 Å². The zero-order valence-corrected chi connectivity index (χ0v) is 14.8. The number of aryl methyl sites for hydroxylation is 1. The SMILES string of the molecule is CCn1c(C(C)NC(C(N)=O)c2ccc(C#N)cc2)nc2ccccc21. The highest BCUT2D eigenvalue weighted by atomic mass is 16.1. The number of hydrogen-bond donors (Lipinski definition) is 2. The van der Waals surface area contributed by atoms with E-state index in [0.717, 1.165) is 29.0 Å². The summed E-state index contributed by atoms with van der Waals surface area (Å²) in [7, 11) is 0. The zero-order chi connectivity index (χ0) is 18.7. The number of nitriles is 1. The van der Waals surface area contributed by atoms with Crippen LogP contribution >= 0.6 is 0 Å². The number of benzene rings is 2. The van der Waals surface area contributed by atoms with E-state index >= 15 is 0 Å². The number of fused-ring (bicyclic) bond motifs is 1. The van der Waals surface area contributed by atoms with Gasteiger partial charge >= 0.3 is 0 Å². The molecule has 3 N–H and O–H groups in total. The highest BCUT2D eigenvalue weighted by Crippen LogP contribution is 2.24. The number of carbonyl (C=O) groups is 1. The van der Waals surface area contributed by atoms with Crippen molar-refractivity contribution in [2.24, 2.45) is 5.73 Å². The van der Waals surface area contributed by atoms with Crippen LogP contribution in [0.15, 0.2) is 48.5 Å². The van der Waals surface area contributed by atoms with Gasteiger partial charge < -0.3 is 10.3 Å². The molecule has 1 amide bonds. The molecule has 0 radical (unpaired) electrons. The lowest BCUT2D eigenvalue weighted by atomic mass is 10.0. The molecule has 0 aliphatic heterocycles. The first-order valence-corrected chi connectivity index (χ1v) is 8.55. The number of primary amides is 1. The fourth-order valence-corrected chi connectivity index (χ4v) is 3.17. The van der Waals surface area contributed by atoms with Crippen molar-refractivity contribution in [3.63, 3.8) is 0 Å². The lowest BCUT2D eigenvalue weighted by Gasteiger charge is -2.22. The van der Waals surface area contributed by atoms with Crippen LogP contribution in [0.5, 0.6) is 0 Å². The van der Waals surface area contributed by atoms with Crippen LogP contribution in [0, 0.1) is 11.3 Å². The summed E-state index contributed by atoms with van der Waals surface area (Å²) in [5, 5.41) is 12.2. The number of hydrogen-bond acceptors (Lipinski definition) is 4. The van der Waals surface area contributed by atoms with E-state index in [1.54, 1.807) is 24.3 Å². The highest BCUT2D eigenvalue weighted by Gasteiger charge is 2.23. The van der Waals surface area contributed by atoms with Gasteiger partial charge in [0.05, 0.1) is 28.7 Å². The molecule has 132 valence electrons. The van der Waals surface area contributed by atoms with Gasteiger partial charge in [-0.05, 0) is 43.7 Å². The summed E-state index contributed by atoms with van der Waals surface area (Å²) in [6.45, 7) is 4.81. The Hall–Kier alpha value is -3.17. The third-order valence-corrected chi connectivity index (χ3v) is 4.46. The molecule has 0 spiro atoms. The summed E-state index contributed by atoms with van der Waals surface area (Å²) in [6.07, 6.45) is 0. The fourth-order valence-electron chi connectivity index (χ4n) is 3.17. The van der Waals surface area contributed by atoms with Gasteiger partial charge in [-0.15, -0.1) is 0 Å². The van der Waals surface area contributed by atoms with E-state index in [2.05, 4.69) is 22.9 Å². The molecule has 1 aromatic heterocycles. The van der Waals surface area contributed by atoms with Gasteiger partial charge in [0.2, 0.25) is 5.91 Å². The monoisotopic (exact) mass is 347 g/mol. The van der Waals surface area contributed by atoms with Gasteiger partial charge in [0.1, 0.15) is 11.9 Å². The Kier molecular flexibility index (Phi) is 5.01. The molecule has 3 aromatic rings. The maximum absolute atomic E-state index is 12.0. The molecule has 0 aliphatic rings. The van der Waals surface area contributed by atoms with Crippen LogP contribution in [-0.4, -0.2) is 15.5 Å². The number of imidazole rings is 1. The van der Waals surface area contributed by atoms with Crippen molar-refractivity contribution in [3.8, 4) is 6.07 Å². The van der Waals surface area contributed by atoms with Crippen molar-refractivity contribution in [1.82, 2.24) is 14.9 Å². The highest BCUT2D eigenvalue weighted by molar-refractivity contribution is 5.81. The summed E-state index contributed by atoms with van der Waals surface area (Å²) in [5.41, 5.74) is 8.87. The topological polar surface area (TPSA) is 96.7 Å². The molecule has 0 fully saturated rings. The summed E-state index contributed by atoms with van der Waals surface area (Å²) < 4.78 is 2.13. The molecule has 6 nitrogen and oxygen atoms in total. The number of aromatic nitrogens is 2. The second-order valence-electron chi connectivity index (χ2n) is 6.16. The molecule has 6 heteroatoms. The van der Waals surface area contributed by atoms with E-state index < -0.39 is 11.9 Å². The van der Waals surface area contributed by atoms with Crippen molar-refractivity contribution >= 4 is 16.9 Å². The summed E-state index contributed by atoms with van der Waals surface area (Å²) in [6, 6.07) is 16.0. The average Bonchev–Trinajstić information content (AvgIpc) is 3.04. The van der Waals surface area contributed by atoms with Gasteiger partial charge in [-0.2, -0.15) is 5.26 Å². The zero-order valence-electron chi connectivity index (χ0n) is 14.8. The Balaban J connectivity index is 1.92. The number of rotatable bonds is 6. The Labute approximate surface area is 152 Å². The number of para-hydroxylation sites is 2. The lowest BCUT2D eigenvalue weighted by molar-refractivity contribution is -0.120. The second kappa shape index (κ2) is 7.38. The van der Waals surface area contributed by atoms with Crippen LogP contribution in [0.25, 0.3) is 11.0 Å². The molecule has 0 saturated heterocycles. The van der Waals surface area contributed by atoms with Crippen LogP contribution < -0.4 is 11.1 Å². The van der Waals surface area contributed by atoms with Gasteiger partial charge in [-0.1, -0.05) is 24.3 Å². The Morgan fingerprint density at radius 3 is 2.58 bits per heavy atom. The summed E-state index contributed by atoms with van der Waals surface area (Å²) >= 11 is 0. The van der Waals surface area contributed by atoms with E-state index in [1.165, 1.54) is 0 Å². The Morgan fingerprint density at radius 1 is 1.27 bits per heavy atom. The maximum Gasteiger partial charge on any atom is 0.239 e. The predicted octanol–water partition coefficient (Wildman–Crippen LogP) is 2.81. The van der Waals surface area contributed by atoms with Gasteiger partial charge in [0.25, 0.3) is 0 Å². The van der Waals surface area contributed by atoms with E-state index in [0.29, 0.717) is 5.56 Å². The minimum absolute atomic E-state index is 0.185. The average molecular weight is 347 g/mol. The van der Waals surface area contributed by atoms with Crippen LogP contribution in [0.1, 0.15) is 42.9 Å². The van der Waals surface area contributed by atoms with Crippen molar-refractivity contribution in [2.45, 2.75) is 32.5 Å². The van der Waals surface area contributed by atoms with Crippen molar-refractivity contribution < 1.29 is 4.79 Å². The van der Waals surface area contributed by atoms with E-state index in [9.17, 15) is 4.79 Å². The third kappa shape index (κ3) is 3.30. The third-order valence-electron chi connectivity index (χ3n) is 4.46. The van der Waals surface area contributed by atoms with Crippen LogP contribution in [0.4, 0.5) is 0 Å². The number of nitrogens with one attached hydrogen (secondary N) is 1. The van der Waals surface area contributed by atoms with Gasteiger partial charge in [0.15, 0.2) is 0 Å². The lowest BCUT2D eigenvalue weighted by Crippen LogP contribution is -2.36.